The molecule has 0 aliphatic heterocycles. The highest BCUT2D eigenvalue weighted by Gasteiger charge is 2.16. The summed E-state index contributed by atoms with van der Waals surface area (Å²) >= 11 is 30.0. The maximum absolute atomic E-state index is 9.61. The molecule has 0 atom stereocenters. The van der Waals surface area contributed by atoms with Crippen molar-refractivity contribution >= 4 is 58.0 Å². The van der Waals surface area contributed by atoms with Gasteiger partial charge in [0.15, 0.2) is 0 Å². The lowest BCUT2D eigenvalue weighted by Crippen LogP contribution is -1.85. The Labute approximate surface area is 129 Å². The highest BCUT2D eigenvalue weighted by molar-refractivity contribution is 6.45. The average Bonchev–Trinajstić information content (AvgIpc) is 2.31. The molecule has 94 valence electrons. The van der Waals surface area contributed by atoms with Crippen LogP contribution in [0.2, 0.25) is 25.1 Å². The van der Waals surface area contributed by atoms with Gasteiger partial charge in [0.25, 0.3) is 0 Å². The first kappa shape index (κ1) is 14.1. The number of rotatable bonds is 1. The Balaban J connectivity index is 2.77. The van der Waals surface area contributed by atoms with Gasteiger partial charge >= 0.3 is 0 Å². The van der Waals surface area contributed by atoms with Crippen molar-refractivity contribution in [1.29, 1.82) is 0 Å². The van der Waals surface area contributed by atoms with E-state index in [9.17, 15) is 5.11 Å². The van der Waals surface area contributed by atoms with Gasteiger partial charge in [0.2, 0.25) is 0 Å². The zero-order chi connectivity index (χ0) is 13.4. The summed E-state index contributed by atoms with van der Waals surface area (Å²) in [6.45, 7) is 0. The van der Waals surface area contributed by atoms with E-state index in [1.54, 1.807) is 6.07 Å². The van der Waals surface area contributed by atoms with Crippen molar-refractivity contribution in [3.8, 4) is 16.9 Å². The second-order valence-corrected chi connectivity index (χ2v) is 5.51. The number of aromatic hydroxyl groups is 1. The van der Waals surface area contributed by atoms with Gasteiger partial charge in [0.05, 0.1) is 25.1 Å². The van der Waals surface area contributed by atoms with Crippen LogP contribution in [0.1, 0.15) is 0 Å². The molecule has 0 aliphatic rings. The summed E-state index contributed by atoms with van der Waals surface area (Å²) in [6.07, 6.45) is 0. The zero-order valence-corrected chi connectivity index (χ0v) is 12.4. The molecule has 0 aliphatic carbocycles. The summed E-state index contributed by atoms with van der Waals surface area (Å²) in [6, 6.07) is 5.98. The van der Waals surface area contributed by atoms with Crippen molar-refractivity contribution < 1.29 is 5.11 Å². The van der Waals surface area contributed by atoms with Crippen molar-refractivity contribution in [1.82, 2.24) is 0 Å². The smallest absolute Gasteiger partial charge is 0.134 e. The van der Waals surface area contributed by atoms with Gasteiger partial charge in [0, 0.05) is 11.1 Å². The van der Waals surface area contributed by atoms with Gasteiger partial charge in [-0.05, 0) is 24.3 Å². The lowest BCUT2D eigenvalue weighted by atomic mass is 10.1. The van der Waals surface area contributed by atoms with E-state index in [4.69, 9.17) is 58.0 Å². The van der Waals surface area contributed by atoms with E-state index in [0.717, 1.165) is 0 Å². The SMILES string of the molecule is Oc1ccc(Cl)c(-c2cc(Cl)c(Cl)cc2Cl)c1Cl. The van der Waals surface area contributed by atoms with Crippen LogP contribution in [0.15, 0.2) is 24.3 Å². The minimum atomic E-state index is -0.0850. The van der Waals surface area contributed by atoms with Crippen LogP contribution >= 0.6 is 58.0 Å². The lowest BCUT2D eigenvalue weighted by molar-refractivity contribution is 0.476. The Morgan fingerprint density at radius 2 is 1.33 bits per heavy atom. The molecule has 2 rings (SSSR count). The molecule has 0 bridgehead atoms. The molecule has 0 heterocycles. The number of halogens is 5. The van der Waals surface area contributed by atoms with E-state index < -0.39 is 0 Å². The molecule has 0 radical (unpaired) electrons. The first-order valence-electron chi connectivity index (χ1n) is 4.73. The zero-order valence-electron chi connectivity index (χ0n) is 8.65. The minimum Gasteiger partial charge on any atom is -0.506 e. The Morgan fingerprint density at radius 3 is 2.00 bits per heavy atom. The predicted molar refractivity (Wildman–Crippen MR) is 78.6 cm³/mol. The third-order valence-electron chi connectivity index (χ3n) is 2.35. The van der Waals surface area contributed by atoms with Gasteiger partial charge in [0.1, 0.15) is 5.75 Å². The van der Waals surface area contributed by atoms with Gasteiger partial charge in [-0.15, -0.1) is 0 Å². The molecule has 0 saturated carbocycles. The molecule has 0 spiro atoms. The first-order valence-corrected chi connectivity index (χ1v) is 6.62. The quantitative estimate of drug-likeness (QED) is 0.601. The molecule has 0 amide bonds. The summed E-state index contributed by atoms with van der Waals surface area (Å²) in [5.74, 6) is -0.0850. The summed E-state index contributed by atoms with van der Waals surface area (Å²) < 4.78 is 0. The summed E-state index contributed by atoms with van der Waals surface area (Å²) in [5, 5.41) is 11.1. The lowest BCUT2D eigenvalue weighted by Gasteiger charge is -2.11. The van der Waals surface area contributed by atoms with Crippen LogP contribution in [0.5, 0.6) is 5.75 Å². The van der Waals surface area contributed by atoms with Gasteiger partial charge in [-0.3, -0.25) is 0 Å². The largest absolute Gasteiger partial charge is 0.506 e. The molecule has 0 aromatic heterocycles. The fraction of sp³-hybridized carbons (Fsp3) is 0. The van der Waals surface area contributed by atoms with Crippen molar-refractivity contribution in [2.75, 3.05) is 0 Å². The molecule has 6 heteroatoms. The van der Waals surface area contributed by atoms with Crippen molar-refractivity contribution in [3.05, 3.63) is 49.4 Å². The summed E-state index contributed by atoms with van der Waals surface area (Å²) in [5.41, 5.74) is 0.930. The molecule has 1 N–H and O–H groups in total. The second kappa shape index (κ2) is 5.36. The Hall–Kier alpha value is -0.310. The fourth-order valence-electron chi connectivity index (χ4n) is 1.50. The Morgan fingerprint density at radius 1 is 0.722 bits per heavy atom. The summed E-state index contributed by atoms with van der Waals surface area (Å²) in [7, 11) is 0. The van der Waals surface area contributed by atoms with E-state index in [1.807, 2.05) is 0 Å². The van der Waals surface area contributed by atoms with Crippen LogP contribution in [0.4, 0.5) is 0 Å². The fourth-order valence-corrected chi connectivity index (χ4v) is 2.72. The van der Waals surface area contributed by atoms with Crippen molar-refractivity contribution in [2.45, 2.75) is 0 Å². The Bertz CT molecular complexity index is 624. The van der Waals surface area contributed by atoms with Crippen molar-refractivity contribution in [3.63, 3.8) is 0 Å². The maximum atomic E-state index is 9.61. The highest BCUT2D eigenvalue weighted by Crippen LogP contribution is 2.44. The molecule has 0 unspecified atom stereocenters. The van der Waals surface area contributed by atoms with E-state index in [0.29, 0.717) is 31.2 Å². The van der Waals surface area contributed by atoms with Gasteiger partial charge in [-0.25, -0.2) is 0 Å². The number of hydrogen-bond donors (Lipinski definition) is 1. The van der Waals surface area contributed by atoms with Crippen molar-refractivity contribution in [2.24, 2.45) is 0 Å². The first-order chi connectivity index (χ1) is 8.41. The minimum absolute atomic E-state index is 0.0850. The van der Waals surface area contributed by atoms with Crippen LogP contribution in [-0.4, -0.2) is 5.11 Å². The van der Waals surface area contributed by atoms with Crippen LogP contribution in [-0.2, 0) is 0 Å². The Kier molecular flexibility index (Phi) is 4.20. The normalized spacial score (nSPS) is 10.7. The molecule has 0 saturated heterocycles. The van der Waals surface area contributed by atoms with Crippen LogP contribution in [0, 0.1) is 0 Å². The van der Waals surface area contributed by atoms with E-state index in [1.165, 1.54) is 18.2 Å². The standard InChI is InChI=1S/C12H5Cl5O/c13-6-1-2-10(18)12(17)11(6)5-3-8(15)9(16)4-7(5)14/h1-4,18H. The van der Waals surface area contributed by atoms with Gasteiger partial charge in [-0.1, -0.05) is 58.0 Å². The van der Waals surface area contributed by atoms with Crippen LogP contribution < -0.4 is 0 Å². The number of phenols is 1. The molecule has 2 aromatic carbocycles. The molecular formula is C12H5Cl5O. The monoisotopic (exact) mass is 340 g/mol. The number of benzene rings is 2. The highest BCUT2D eigenvalue weighted by atomic mass is 35.5. The predicted octanol–water partition coefficient (Wildman–Crippen LogP) is 6.33. The van der Waals surface area contributed by atoms with E-state index in [2.05, 4.69) is 0 Å². The van der Waals surface area contributed by atoms with E-state index in [-0.39, 0.29) is 10.8 Å². The molecule has 18 heavy (non-hydrogen) atoms. The molecule has 1 nitrogen and oxygen atoms in total. The third kappa shape index (κ3) is 2.52. The number of phenolic OH excluding ortho intramolecular Hbond substituents is 1. The molecule has 2 aromatic rings. The van der Waals surface area contributed by atoms with E-state index >= 15 is 0 Å². The van der Waals surface area contributed by atoms with Crippen LogP contribution in [0.25, 0.3) is 11.1 Å². The third-order valence-corrected chi connectivity index (χ3v) is 4.08. The average molecular weight is 342 g/mol. The molecular weight excluding hydrogens is 337 g/mol. The topological polar surface area (TPSA) is 20.2 Å². The second-order valence-electron chi connectivity index (χ2n) is 3.50. The van der Waals surface area contributed by atoms with Gasteiger partial charge in [-0.2, -0.15) is 0 Å². The molecule has 0 fully saturated rings. The van der Waals surface area contributed by atoms with Gasteiger partial charge < -0.3 is 5.11 Å². The maximum Gasteiger partial charge on any atom is 0.134 e. The van der Waals surface area contributed by atoms with Crippen LogP contribution in [0.3, 0.4) is 0 Å². The summed E-state index contributed by atoms with van der Waals surface area (Å²) in [4.78, 5) is 0. The number of hydrogen-bond acceptors (Lipinski definition) is 1.